The van der Waals surface area contributed by atoms with Crippen LogP contribution in [0, 0.1) is 22.7 Å². The number of hydrogen-bond acceptors (Lipinski definition) is 3. The molecule has 0 saturated carbocycles. The lowest BCUT2D eigenvalue weighted by molar-refractivity contribution is 1.16. The average molecular weight is 476 g/mol. The topological polar surface area (TPSA) is 52.5 Å². The fourth-order valence-electron chi connectivity index (χ4n) is 5.25. The van der Waals surface area contributed by atoms with Crippen LogP contribution in [0.25, 0.3) is 58.8 Å². The van der Waals surface area contributed by atoms with E-state index in [9.17, 15) is 10.5 Å². The van der Waals surface area contributed by atoms with E-state index in [1.54, 1.807) is 6.07 Å². The number of nitrogens with zero attached hydrogens (tertiary/aromatic N) is 3. The van der Waals surface area contributed by atoms with Crippen LogP contribution in [0.2, 0.25) is 0 Å². The van der Waals surface area contributed by atoms with Crippen molar-refractivity contribution in [1.82, 2.24) is 4.57 Å². The minimum Gasteiger partial charge on any atom is -0.308 e. The van der Waals surface area contributed by atoms with E-state index in [4.69, 9.17) is 0 Å². The number of rotatable bonds is 2. The molecular formula is C32H17N3S. The molecule has 0 unspecified atom stereocenters. The van der Waals surface area contributed by atoms with Gasteiger partial charge in [0.15, 0.2) is 0 Å². The van der Waals surface area contributed by atoms with E-state index in [1.807, 2.05) is 35.6 Å². The first kappa shape index (κ1) is 20.5. The summed E-state index contributed by atoms with van der Waals surface area (Å²) in [5.41, 5.74) is 5.84. The molecule has 2 aromatic heterocycles. The lowest BCUT2D eigenvalue weighted by atomic mass is 10.0. The van der Waals surface area contributed by atoms with E-state index < -0.39 is 0 Å². The van der Waals surface area contributed by atoms with Crippen molar-refractivity contribution in [2.75, 3.05) is 0 Å². The van der Waals surface area contributed by atoms with Crippen LogP contribution in [0.15, 0.2) is 103 Å². The first-order valence-electron chi connectivity index (χ1n) is 11.7. The van der Waals surface area contributed by atoms with Crippen LogP contribution in [-0.4, -0.2) is 4.57 Å². The van der Waals surface area contributed by atoms with Gasteiger partial charge in [-0.2, -0.15) is 10.5 Å². The predicted molar refractivity (Wildman–Crippen MR) is 149 cm³/mol. The van der Waals surface area contributed by atoms with E-state index in [0.717, 1.165) is 33.1 Å². The normalized spacial score (nSPS) is 11.3. The van der Waals surface area contributed by atoms with Gasteiger partial charge < -0.3 is 4.57 Å². The Morgan fingerprint density at radius 1 is 0.556 bits per heavy atom. The van der Waals surface area contributed by atoms with E-state index in [0.29, 0.717) is 11.1 Å². The average Bonchev–Trinajstić information content (AvgIpc) is 3.47. The standard InChI is InChI=1S/C32H17N3S/c33-18-22-6-5-10-29(27(22)19-34)35-28-9-3-1-7-23(28)25-16-20(12-14-30(25)35)21-13-15-32-26(17-21)24-8-2-4-11-31(24)36-32/h1-17H. The highest BCUT2D eigenvalue weighted by molar-refractivity contribution is 7.25. The first-order chi connectivity index (χ1) is 17.8. The minimum absolute atomic E-state index is 0.383. The molecule has 0 saturated heterocycles. The molecule has 3 nitrogen and oxygen atoms in total. The van der Waals surface area contributed by atoms with Crippen molar-refractivity contribution < 1.29 is 0 Å². The molecule has 0 aliphatic heterocycles. The molecule has 0 radical (unpaired) electrons. The van der Waals surface area contributed by atoms with Gasteiger partial charge in [0, 0.05) is 30.9 Å². The Morgan fingerprint density at radius 3 is 2.08 bits per heavy atom. The molecule has 0 amide bonds. The Labute approximate surface area is 211 Å². The quantitative estimate of drug-likeness (QED) is 0.251. The summed E-state index contributed by atoms with van der Waals surface area (Å²) in [5, 5.41) is 24.3. The molecule has 0 spiro atoms. The molecule has 166 valence electrons. The van der Waals surface area contributed by atoms with Crippen molar-refractivity contribution in [2.45, 2.75) is 0 Å². The van der Waals surface area contributed by atoms with Crippen LogP contribution in [-0.2, 0) is 0 Å². The molecule has 4 heteroatoms. The highest BCUT2D eigenvalue weighted by atomic mass is 32.1. The second-order valence-electron chi connectivity index (χ2n) is 8.82. The van der Waals surface area contributed by atoms with Gasteiger partial charge in [0.05, 0.1) is 27.8 Å². The second-order valence-corrected chi connectivity index (χ2v) is 9.90. The number of benzene rings is 5. The van der Waals surface area contributed by atoms with Crippen LogP contribution in [0.4, 0.5) is 0 Å². The van der Waals surface area contributed by atoms with Crippen molar-refractivity contribution in [1.29, 1.82) is 10.5 Å². The Bertz CT molecular complexity index is 2080. The first-order valence-corrected chi connectivity index (χ1v) is 12.5. The van der Waals surface area contributed by atoms with E-state index >= 15 is 0 Å². The summed E-state index contributed by atoms with van der Waals surface area (Å²) in [6, 6.07) is 39.9. The maximum atomic E-state index is 9.90. The maximum absolute atomic E-state index is 9.90. The summed E-state index contributed by atoms with van der Waals surface area (Å²) >= 11 is 1.82. The number of thiophene rings is 1. The van der Waals surface area contributed by atoms with Gasteiger partial charge in [0.2, 0.25) is 0 Å². The number of aromatic nitrogens is 1. The Balaban J connectivity index is 1.50. The second kappa shape index (κ2) is 7.82. The molecule has 0 aliphatic carbocycles. The lowest BCUT2D eigenvalue weighted by Crippen LogP contribution is -1.99. The van der Waals surface area contributed by atoms with Gasteiger partial charge in [-0.3, -0.25) is 0 Å². The molecule has 5 aromatic carbocycles. The number of para-hydroxylation sites is 1. The summed E-state index contributed by atoms with van der Waals surface area (Å²) in [5.74, 6) is 0. The molecule has 2 heterocycles. The van der Waals surface area contributed by atoms with E-state index in [1.165, 1.54) is 25.7 Å². The van der Waals surface area contributed by atoms with Crippen LogP contribution in [0.1, 0.15) is 11.1 Å². The van der Waals surface area contributed by atoms with Crippen LogP contribution >= 0.6 is 11.3 Å². The van der Waals surface area contributed by atoms with Gasteiger partial charge >= 0.3 is 0 Å². The zero-order valence-electron chi connectivity index (χ0n) is 19.1. The highest BCUT2D eigenvalue weighted by Crippen LogP contribution is 2.39. The lowest BCUT2D eigenvalue weighted by Gasteiger charge is -2.11. The fraction of sp³-hybridized carbons (Fsp3) is 0. The van der Waals surface area contributed by atoms with E-state index in [-0.39, 0.29) is 0 Å². The molecule has 0 atom stereocenters. The monoisotopic (exact) mass is 475 g/mol. The molecule has 0 fully saturated rings. The third kappa shape index (κ3) is 2.89. The summed E-state index contributed by atoms with van der Waals surface area (Å²) in [6.07, 6.45) is 0. The van der Waals surface area contributed by atoms with Crippen molar-refractivity contribution in [2.24, 2.45) is 0 Å². The fourth-order valence-corrected chi connectivity index (χ4v) is 6.34. The largest absolute Gasteiger partial charge is 0.308 e. The molecule has 0 bridgehead atoms. The summed E-state index contributed by atoms with van der Waals surface area (Å²) in [7, 11) is 0. The van der Waals surface area contributed by atoms with Gasteiger partial charge in [-0.15, -0.1) is 11.3 Å². The molecule has 0 aliphatic rings. The highest BCUT2D eigenvalue weighted by Gasteiger charge is 2.17. The number of nitriles is 2. The summed E-state index contributed by atoms with van der Waals surface area (Å²) in [4.78, 5) is 0. The van der Waals surface area contributed by atoms with Gasteiger partial charge in [0.25, 0.3) is 0 Å². The van der Waals surface area contributed by atoms with E-state index in [2.05, 4.69) is 89.5 Å². The van der Waals surface area contributed by atoms with Gasteiger partial charge in [-0.25, -0.2) is 0 Å². The Kier molecular flexibility index (Phi) is 4.45. The number of fused-ring (bicyclic) bond motifs is 6. The Morgan fingerprint density at radius 2 is 1.25 bits per heavy atom. The van der Waals surface area contributed by atoms with Crippen molar-refractivity contribution in [3.05, 3.63) is 114 Å². The zero-order valence-corrected chi connectivity index (χ0v) is 19.9. The summed E-state index contributed by atoms with van der Waals surface area (Å²) < 4.78 is 4.69. The molecule has 0 N–H and O–H groups in total. The smallest absolute Gasteiger partial charge is 0.103 e. The van der Waals surface area contributed by atoms with Gasteiger partial charge in [-0.05, 0) is 59.7 Å². The molecule has 36 heavy (non-hydrogen) atoms. The van der Waals surface area contributed by atoms with Gasteiger partial charge in [-0.1, -0.05) is 54.6 Å². The number of hydrogen-bond donors (Lipinski definition) is 0. The third-order valence-electron chi connectivity index (χ3n) is 6.90. The molecule has 7 aromatic rings. The van der Waals surface area contributed by atoms with Crippen molar-refractivity contribution >= 4 is 53.3 Å². The maximum Gasteiger partial charge on any atom is 0.103 e. The zero-order chi connectivity index (χ0) is 24.2. The van der Waals surface area contributed by atoms with Crippen molar-refractivity contribution in [3.8, 4) is 29.0 Å². The van der Waals surface area contributed by atoms with Gasteiger partial charge in [0.1, 0.15) is 12.1 Å². The predicted octanol–water partition coefficient (Wildman–Crippen LogP) is 8.56. The Hall–Kier alpha value is -4.90. The molecule has 7 rings (SSSR count). The summed E-state index contributed by atoms with van der Waals surface area (Å²) in [6.45, 7) is 0. The minimum atomic E-state index is 0.383. The van der Waals surface area contributed by atoms with Crippen LogP contribution in [0.3, 0.4) is 0 Å². The van der Waals surface area contributed by atoms with Crippen LogP contribution < -0.4 is 0 Å². The SMILES string of the molecule is N#Cc1cccc(-n2c3ccccc3c3cc(-c4ccc5sc6ccccc6c5c4)ccc32)c1C#N. The van der Waals surface area contributed by atoms with Crippen LogP contribution in [0.5, 0.6) is 0 Å². The third-order valence-corrected chi connectivity index (χ3v) is 8.05. The van der Waals surface area contributed by atoms with Crippen molar-refractivity contribution in [3.63, 3.8) is 0 Å². The molecular weight excluding hydrogens is 458 g/mol.